The van der Waals surface area contributed by atoms with Gasteiger partial charge in [0.2, 0.25) is 0 Å². The molecular weight excluding hydrogens is 500 g/mol. The fourth-order valence-corrected chi connectivity index (χ4v) is 6.42. The highest BCUT2D eigenvalue weighted by Gasteiger charge is 2.40. The molecule has 0 heterocycles. The third-order valence-corrected chi connectivity index (χ3v) is 9.45. The fraction of sp³-hybridized carbons (Fsp3) is 0.529. The Morgan fingerprint density at radius 2 is 1.18 bits per heavy atom. The molecule has 1 aliphatic carbocycles. The van der Waals surface area contributed by atoms with E-state index in [9.17, 15) is 8.78 Å². The van der Waals surface area contributed by atoms with E-state index in [-0.39, 0.29) is 11.3 Å². The number of alkyl halides is 2. The molecule has 0 N–H and O–H groups in total. The van der Waals surface area contributed by atoms with Crippen LogP contribution in [0.4, 0.5) is 17.6 Å². The number of benzene rings is 2. The highest BCUT2D eigenvalue weighted by molar-refractivity contribution is 5.74. The van der Waals surface area contributed by atoms with Gasteiger partial charge in [-0.3, -0.25) is 0 Å². The number of halogens is 4. The molecule has 0 atom stereocenters. The molecule has 0 aromatic heterocycles. The lowest BCUT2D eigenvalue weighted by Crippen LogP contribution is -2.27. The van der Waals surface area contributed by atoms with Crippen LogP contribution in [-0.2, 0) is 6.11 Å². The molecule has 214 valence electrons. The Morgan fingerprint density at radius 1 is 0.718 bits per heavy atom. The molecule has 1 saturated carbocycles. The predicted octanol–water partition coefficient (Wildman–Crippen LogP) is 11.0. The highest BCUT2D eigenvalue weighted by Crippen LogP contribution is 2.44. The van der Waals surface area contributed by atoms with Gasteiger partial charge in [0.15, 0.2) is 0 Å². The normalized spacial score (nSPS) is 18.4. The first-order valence-electron chi connectivity index (χ1n) is 14.0. The van der Waals surface area contributed by atoms with Gasteiger partial charge in [0.05, 0.1) is 5.56 Å². The molecule has 0 radical (unpaired) electrons. The summed E-state index contributed by atoms with van der Waals surface area (Å²) in [5.74, 6) is 0.949. The van der Waals surface area contributed by atoms with Gasteiger partial charge in [-0.25, -0.2) is 0 Å². The van der Waals surface area contributed by atoms with Crippen molar-refractivity contribution in [2.24, 2.45) is 11.8 Å². The molecule has 0 spiro atoms. The van der Waals surface area contributed by atoms with Crippen molar-refractivity contribution in [1.82, 2.24) is 0 Å². The second-order valence-corrected chi connectivity index (χ2v) is 11.7. The van der Waals surface area contributed by atoms with Crippen LogP contribution in [0, 0.1) is 74.1 Å². The highest BCUT2D eigenvalue weighted by atomic mass is 19.3. The number of rotatable bonds is 7. The van der Waals surface area contributed by atoms with E-state index in [2.05, 4.69) is 13.0 Å². The lowest BCUT2D eigenvalue weighted by molar-refractivity contribution is -0.186. The van der Waals surface area contributed by atoms with Crippen molar-refractivity contribution in [3.63, 3.8) is 0 Å². The molecule has 0 unspecified atom stereocenters. The van der Waals surface area contributed by atoms with E-state index in [1.54, 1.807) is 13.8 Å². The Kier molecular flexibility index (Phi) is 9.45. The first kappa shape index (κ1) is 31.0. The molecule has 1 nitrogen and oxygen atoms in total. The van der Waals surface area contributed by atoms with Crippen LogP contribution in [0.25, 0.3) is 5.57 Å². The molecule has 2 aromatic carbocycles. The van der Waals surface area contributed by atoms with Gasteiger partial charge in [-0.05, 0) is 180 Å². The topological polar surface area (TPSA) is 9.23 Å². The standard InChI is InChI=1S/C34H44F4O/c1-18(17-29-13-11-28(12-14-29)15-16-30(35)36)31-22(5)26(9)33(27(10)23(31)6)39-34(37,38)32-24(7)20(3)19(2)21(4)25(32)8/h16-17,28-29H,11-15H2,1-10H3/b18-17+. The Hall–Kier alpha value is -2.56. The van der Waals surface area contributed by atoms with Gasteiger partial charge >= 0.3 is 6.11 Å². The van der Waals surface area contributed by atoms with Crippen molar-refractivity contribution in [3.8, 4) is 5.75 Å². The van der Waals surface area contributed by atoms with Crippen LogP contribution in [0.5, 0.6) is 5.75 Å². The number of hydrogen-bond donors (Lipinski definition) is 0. The Bertz CT molecular complexity index is 1250. The van der Waals surface area contributed by atoms with Crippen LogP contribution < -0.4 is 4.74 Å². The minimum Gasteiger partial charge on any atom is -0.428 e. The van der Waals surface area contributed by atoms with E-state index in [1.807, 2.05) is 48.5 Å². The molecule has 3 rings (SSSR count). The van der Waals surface area contributed by atoms with Gasteiger partial charge < -0.3 is 4.74 Å². The number of hydrogen-bond acceptors (Lipinski definition) is 1. The maximum atomic E-state index is 15.9. The first-order chi connectivity index (χ1) is 18.1. The van der Waals surface area contributed by atoms with Gasteiger partial charge in [-0.15, -0.1) is 0 Å². The van der Waals surface area contributed by atoms with Crippen LogP contribution in [0.2, 0.25) is 0 Å². The minimum atomic E-state index is -3.48. The summed E-state index contributed by atoms with van der Waals surface area (Å²) in [5, 5.41) is 0. The van der Waals surface area contributed by atoms with Gasteiger partial charge in [-0.1, -0.05) is 6.08 Å². The van der Waals surface area contributed by atoms with E-state index in [0.29, 0.717) is 29.4 Å². The fourth-order valence-electron chi connectivity index (χ4n) is 6.42. The molecule has 1 fully saturated rings. The zero-order chi connectivity index (χ0) is 29.4. The number of allylic oxidation sites excluding steroid dienone is 3. The van der Waals surface area contributed by atoms with Crippen molar-refractivity contribution in [2.45, 2.75) is 107 Å². The summed E-state index contributed by atoms with van der Waals surface area (Å²) in [6.07, 6.45) is 2.53. The van der Waals surface area contributed by atoms with Gasteiger partial charge in [0.25, 0.3) is 6.08 Å². The van der Waals surface area contributed by atoms with E-state index in [1.165, 1.54) is 0 Å². The van der Waals surface area contributed by atoms with Crippen molar-refractivity contribution in [2.75, 3.05) is 0 Å². The second kappa shape index (κ2) is 11.9. The van der Waals surface area contributed by atoms with Crippen molar-refractivity contribution in [3.05, 3.63) is 79.4 Å². The molecule has 2 aromatic rings. The van der Waals surface area contributed by atoms with Crippen LogP contribution in [0.1, 0.15) is 100 Å². The molecule has 0 amide bonds. The van der Waals surface area contributed by atoms with Crippen LogP contribution in [0.15, 0.2) is 18.2 Å². The van der Waals surface area contributed by atoms with Crippen molar-refractivity contribution < 1.29 is 22.3 Å². The molecule has 0 bridgehead atoms. The van der Waals surface area contributed by atoms with Gasteiger partial charge in [-0.2, -0.15) is 17.6 Å². The maximum absolute atomic E-state index is 15.9. The molecule has 5 heteroatoms. The summed E-state index contributed by atoms with van der Waals surface area (Å²) < 4.78 is 62.4. The van der Waals surface area contributed by atoms with Gasteiger partial charge in [0, 0.05) is 0 Å². The van der Waals surface area contributed by atoms with Crippen LogP contribution in [0.3, 0.4) is 0 Å². The summed E-state index contributed by atoms with van der Waals surface area (Å²) in [6.45, 7) is 19.0. The lowest BCUT2D eigenvalue weighted by atomic mass is 9.79. The summed E-state index contributed by atoms with van der Waals surface area (Å²) in [5.41, 5.74) is 9.41. The quantitative estimate of drug-likeness (QED) is 0.315. The van der Waals surface area contributed by atoms with Crippen molar-refractivity contribution in [1.29, 1.82) is 0 Å². The van der Waals surface area contributed by atoms with Crippen molar-refractivity contribution >= 4 is 5.57 Å². The number of ether oxygens (including phenoxy) is 1. The lowest BCUT2D eigenvalue weighted by Gasteiger charge is -2.29. The zero-order valence-corrected chi connectivity index (χ0v) is 25.3. The zero-order valence-electron chi connectivity index (χ0n) is 25.3. The molecule has 0 saturated heterocycles. The second-order valence-electron chi connectivity index (χ2n) is 11.7. The maximum Gasteiger partial charge on any atom is 0.427 e. The molecular formula is C34H44F4O. The summed E-state index contributed by atoms with van der Waals surface area (Å²) in [4.78, 5) is 0. The average Bonchev–Trinajstić information content (AvgIpc) is 2.87. The SMILES string of the molecule is C/C(=C\C1CCC(CC=C(F)F)CC1)c1c(C)c(C)c(OC(F)(F)c2c(C)c(C)c(C)c(C)c2C)c(C)c1C. The Balaban J connectivity index is 1.93. The first-order valence-corrected chi connectivity index (χ1v) is 14.0. The van der Waals surface area contributed by atoms with E-state index in [4.69, 9.17) is 4.74 Å². The average molecular weight is 545 g/mol. The summed E-state index contributed by atoms with van der Waals surface area (Å²) in [6, 6.07) is 0. The molecule has 1 aliphatic rings. The van der Waals surface area contributed by atoms with E-state index >= 15 is 8.78 Å². The molecule has 0 aliphatic heterocycles. The minimum absolute atomic E-state index is 0.0438. The summed E-state index contributed by atoms with van der Waals surface area (Å²) >= 11 is 0. The smallest absolute Gasteiger partial charge is 0.427 e. The third-order valence-electron chi connectivity index (χ3n) is 9.45. The van der Waals surface area contributed by atoms with E-state index in [0.717, 1.165) is 81.8 Å². The predicted molar refractivity (Wildman–Crippen MR) is 154 cm³/mol. The van der Waals surface area contributed by atoms with Crippen LogP contribution >= 0.6 is 0 Å². The Labute approximate surface area is 232 Å². The summed E-state index contributed by atoms with van der Waals surface area (Å²) in [7, 11) is 0. The Morgan fingerprint density at radius 3 is 1.64 bits per heavy atom. The molecule has 39 heavy (non-hydrogen) atoms. The third kappa shape index (κ3) is 6.28. The monoisotopic (exact) mass is 544 g/mol. The largest absolute Gasteiger partial charge is 0.428 e. The van der Waals surface area contributed by atoms with E-state index < -0.39 is 12.2 Å². The van der Waals surface area contributed by atoms with Gasteiger partial charge in [0.1, 0.15) is 5.75 Å². The van der Waals surface area contributed by atoms with Crippen LogP contribution in [-0.4, -0.2) is 0 Å².